The molecule has 20 heavy (non-hydrogen) atoms. The lowest BCUT2D eigenvalue weighted by Gasteiger charge is -2.15. The Morgan fingerprint density at radius 1 is 1.50 bits per heavy atom. The fourth-order valence-electron chi connectivity index (χ4n) is 2.27. The van der Waals surface area contributed by atoms with Crippen molar-refractivity contribution in [3.63, 3.8) is 0 Å². The molecule has 1 atom stereocenters. The van der Waals surface area contributed by atoms with Crippen LogP contribution in [-0.4, -0.2) is 34.9 Å². The van der Waals surface area contributed by atoms with Crippen molar-refractivity contribution in [2.45, 2.75) is 19.0 Å². The molecule has 1 aliphatic heterocycles. The second kappa shape index (κ2) is 6.65. The number of nitrogens with zero attached hydrogens (tertiary/aromatic N) is 2. The smallest absolute Gasteiger partial charge is 0.274 e. The monoisotopic (exact) mass is 300 g/mol. The van der Waals surface area contributed by atoms with Crippen molar-refractivity contribution < 1.29 is 9.72 Å². The lowest BCUT2D eigenvalue weighted by molar-refractivity contribution is -0.385. The van der Waals surface area contributed by atoms with Gasteiger partial charge in [-0.05, 0) is 12.5 Å². The molecule has 0 aromatic heterocycles. The van der Waals surface area contributed by atoms with E-state index in [2.05, 4.69) is 4.90 Å². The number of nitro benzene ring substituents is 1. The number of carbonyl (C=O) groups excluding carboxylic acids is 1. The third-order valence-corrected chi connectivity index (χ3v) is 3.27. The lowest BCUT2D eigenvalue weighted by Crippen LogP contribution is -2.26. The van der Waals surface area contributed by atoms with Crippen LogP contribution in [0.1, 0.15) is 22.3 Å². The zero-order chi connectivity index (χ0) is 14.0. The number of halogens is 1. The Balaban J connectivity index is 0.00000200. The maximum atomic E-state index is 11.0. The van der Waals surface area contributed by atoms with Crippen LogP contribution in [0.4, 0.5) is 5.69 Å². The first-order valence-corrected chi connectivity index (χ1v) is 6.02. The van der Waals surface area contributed by atoms with Crippen molar-refractivity contribution in [2.24, 2.45) is 11.5 Å². The summed E-state index contributed by atoms with van der Waals surface area (Å²) in [4.78, 5) is 23.7. The van der Waals surface area contributed by atoms with Crippen LogP contribution in [0.5, 0.6) is 0 Å². The highest BCUT2D eigenvalue weighted by Crippen LogP contribution is 2.23. The normalized spacial score (nSPS) is 18.6. The van der Waals surface area contributed by atoms with Crippen LogP contribution in [0.15, 0.2) is 18.2 Å². The van der Waals surface area contributed by atoms with Crippen molar-refractivity contribution in [3.8, 4) is 0 Å². The Kier molecular flexibility index (Phi) is 5.43. The minimum absolute atomic E-state index is 0. The molecule has 0 spiro atoms. The van der Waals surface area contributed by atoms with E-state index in [1.807, 2.05) is 0 Å². The molecule has 1 unspecified atom stereocenters. The van der Waals surface area contributed by atoms with Crippen LogP contribution in [0, 0.1) is 10.1 Å². The van der Waals surface area contributed by atoms with Gasteiger partial charge in [0.05, 0.1) is 4.92 Å². The molecule has 1 heterocycles. The summed E-state index contributed by atoms with van der Waals surface area (Å²) in [5.41, 5.74) is 11.6. The van der Waals surface area contributed by atoms with E-state index in [1.165, 1.54) is 12.1 Å². The molecule has 1 amide bonds. The Hall–Kier alpha value is -1.70. The predicted molar refractivity (Wildman–Crippen MR) is 76.7 cm³/mol. The van der Waals surface area contributed by atoms with E-state index in [-0.39, 0.29) is 29.7 Å². The average Bonchev–Trinajstić information content (AvgIpc) is 2.74. The van der Waals surface area contributed by atoms with Gasteiger partial charge in [-0.15, -0.1) is 12.4 Å². The fourth-order valence-corrected chi connectivity index (χ4v) is 2.27. The zero-order valence-electron chi connectivity index (χ0n) is 10.8. The second-order valence-corrected chi connectivity index (χ2v) is 4.75. The minimum atomic E-state index is -0.669. The molecular weight excluding hydrogens is 284 g/mol. The molecule has 0 bridgehead atoms. The van der Waals surface area contributed by atoms with Gasteiger partial charge in [-0.3, -0.25) is 19.8 Å². The van der Waals surface area contributed by atoms with E-state index < -0.39 is 10.8 Å². The van der Waals surface area contributed by atoms with Gasteiger partial charge in [0.15, 0.2) is 0 Å². The molecule has 1 aromatic carbocycles. The van der Waals surface area contributed by atoms with Crippen molar-refractivity contribution in [3.05, 3.63) is 39.4 Å². The SMILES string of the molecule is Cl.NC(=O)c1ccc(CN2CCC(N)C2)c([N+](=O)[O-])c1. The van der Waals surface area contributed by atoms with Gasteiger partial charge in [-0.1, -0.05) is 6.07 Å². The number of benzene rings is 1. The molecule has 0 saturated carbocycles. The number of nitro groups is 1. The Morgan fingerprint density at radius 2 is 2.20 bits per heavy atom. The van der Waals surface area contributed by atoms with Gasteiger partial charge >= 0.3 is 0 Å². The summed E-state index contributed by atoms with van der Waals surface area (Å²) < 4.78 is 0. The van der Waals surface area contributed by atoms with Crippen molar-refractivity contribution in [1.82, 2.24) is 4.90 Å². The highest BCUT2D eigenvalue weighted by atomic mass is 35.5. The van der Waals surface area contributed by atoms with Crippen LogP contribution in [0.25, 0.3) is 0 Å². The molecule has 0 aliphatic carbocycles. The van der Waals surface area contributed by atoms with Gasteiger partial charge in [0.25, 0.3) is 5.69 Å². The highest BCUT2D eigenvalue weighted by molar-refractivity contribution is 5.93. The summed E-state index contributed by atoms with van der Waals surface area (Å²) in [6.45, 7) is 2.02. The molecule has 110 valence electrons. The number of hydrogen-bond donors (Lipinski definition) is 2. The molecule has 1 fully saturated rings. The van der Waals surface area contributed by atoms with Crippen LogP contribution in [-0.2, 0) is 6.54 Å². The molecule has 7 nitrogen and oxygen atoms in total. The Labute approximate surface area is 122 Å². The van der Waals surface area contributed by atoms with E-state index in [0.717, 1.165) is 19.5 Å². The third-order valence-electron chi connectivity index (χ3n) is 3.27. The highest BCUT2D eigenvalue weighted by Gasteiger charge is 2.23. The number of carbonyl (C=O) groups is 1. The Morgan fingerprint density at radius 3 is 2.70 bits per heavy atom. The summed E-state index contributed by atoms with van der Waals surface area (Å²) in [6.07, 6.45) is 0.896. The first-order chi connectivity index (χ1) is 8.97. The zero-order valence-corrected chi connectivity index (χ0v) is 11.6. The van der Waals surface area contributed by atoms with E-state index in [4.69, 9.17) is 11.5 Å². The molecular formula is C12H17ClN4O3. The number of rotatable bonds is 4. The topological polar surface area (TPSA) is 115 Å². The number of amides is 1. The summed E-state index contributed by atoms with van der Waals surface area (Å²) in [6, 6.07) is 4.46. The number of likely N-dealkylation sites (tertiary alicyclic amines) is 1. The third kappa shape index (κ3) is 3.66. The van der Waals surface area contributed by atoms with E-state index in [1.54, 1.807) is 6.07 Å². The van der Waals surface area contributed by atoms with Gasteiger partial charge in [0.1, 0.15) is 0 Å². The molecule has 0 radical (unpaired) electrons. The molecule has 1 saturated heterocycles. The molecule has 1 aliphatic rings. The summed E-state index contributed by atoms with van der Waals surface area (Å²) in [7, 11) is 0. The quantitative estimate of drug-likeness (QED) is 0.625. The Bertz CT molecular complexity index is 523. The first-order valence-electron chi connectivity index (χ1n) is 6.02. The number of hydrogen-bond acceptors (Lipinski definition) is 5. The van der Waals surface area contributed by atoms with Crippen LogP contribution >= 0.6 is 12.4 Å². The lowest BCUT2D eigenvalue weighted by atomic mass is 10.1. The van der Waals surface area contributed by atoms with Gasteiger partial charge in [-0.2, -0.15) is 0 Å². The summed E-state index contributed by atoms with van der Waals surface area (Å²) >= 11 is 0. The predicted octanol–water partition coefficient (Wildman–Crippen LogP) is 0.649. The van der Waals surface area contributed by atoms with Crippen LogP contribution in [0.3, 0.4) is 0 Å². The summed E-state index contributed by atoms with van der Waals surface area (Å²) in [5.74, 6) is -0.669. The van der Waals surface area contributed by atoms with Crippen molar-refractivity contribution in [2.75, 3.05) is 13.1 Å². The van der Waals surface area contributed by atoms with Gasteiger partial charge < -0.3 is 11.5 Å². The maximum Gasteiger partial charge on any atom is 0.274 e. The van der Waals surface area contributed by atoms with Gasteiger partial charge in [-0.25, -0.2) is 0 Å². The first kappa shape index (κ1) is 16.4. The van der Waals surface area contributed by atoms with Gasteiger partial charge in [0.2, 0.25) is 5.91 Å². The standard InChI is InChI=1S/C12H16N4O3.ClH/c13-10-3-4-15(7-10)6-9-2-1-8(12(14)17)5-11(9)16(18)19;/h1-2,5,10H,3-4,6-7,13H2,(H2,14,17);1H. The number of primary amides is 1. The average molecular weight is 301 g/mol. The van der Waals surface area contributed by atoms with Crippen molar-refractivity contribution >= 4 is 24.0 Å². The van der Waals surface area contributed by atoms with E-state index >= 15 is 0 Å². The van der Waals surface area contributed by atoms with Crippen molar-refractivity contribution in [1.29, 1.82) is 0 Å². The van der Waals surface area contributed by atoms with Crippen LogP contribution in [0.2, 0.25) is 0 Å². The molecule has 1 aromatic rings. The minimum Gasteiger partial charge on any atom is -0.366 e. The van der Waals surface area contributed by atoms with Crippen LogP contribution < -0.4 is 11.5 Å². The molecule has 4 N–H and O–H groups in total. The van der Waals surface area contributed by atoms with E-state index in [9.17, 15) is 14.9 Å². The fraction of sp³-hybridized carbons (Fsp3) is 0.417. The largest absolute Gasteiger partial charge is 0.366 e. The summed E-state index contributed by atoms with van der Waals surface area (Å²) in [5, 5.41) is 11.0. The number of nitrogens with two attached hydrogens (primary N) is 2. The maximum absolute atomic E-state index is 11.0. The second-order valence-electron chi connectivity index (χ2n) is 4.75. The molecule has 8 heteroatoms. The van der Waals surface area contributed by atoms with Gasteiger partial charge in [0, 0.05) is 42.9 Å². The molecule has 2 rings (SSSR count). The van der Waals surface area contributed by atoms with E-state index in [0.29, 0.717) is 12.1 Å².